The average molecular weight is 455 g/mol. The highest BCUT2D eigenvalue weighted by Crippen LogP contribution is 2.29. The van der Waals surface area contributed by atoms with Crippen molar-refractivity contribution in [1.29, 1.82) is 0 Å². The standard InChI is InChI=1S/C21H15BrN2O5/c22-12-4-6-17-16(9-12)21(27)29-18(23-17)11-3-5-14-15(8-11)20(26)24(19(14)25)10-13-2-1-7-28-13/h3-6,8-9,13H,1-2,7,10H2/t13-/m1/s1. The molecular weight excluding hydrogens is 440 g/mol. The van der Waals surface area contributed by atoms with Gasteiger partial charge in [0.15, 0.2) is 0 Å². The molecular formula is C21H15BrN2O5. The largest absolute Gasteiger partial charge is 0.403 e. The van der Waals surface area contributed by atoms with Crippen LogP contribution in [0.3, 0.4) is 0 Å². The molecule has 0 aliphatic carbocycles. The molecule has 2 amide bonds. The molecule has 29 heavy (non-hydrogen) atoms. The first-order chi connectivity index (χ1) is 14.0. The number of fused-ring (bicyclic) bond motifs is 2. The molecule has 1 atom stereocenters. The van der Waals surface area contributed by atoms with Gasteiger partial charge >= 0.3 is 5.63 Å². The van der Waals surface area contributed by atoms with E-state index in [0.29, 0.717) is 28.6 Å². The molecule has 7 nitrogen and oxygen atoms in total. The van der Waals surface area contributed by atoms with E-state index < -0.39 is 5.63 Å². The van der Waals surface area contributed by atoms with Crippen molar-refractivity contribution in [2.24, 2.45) is 0 Å². The van der Waals surface area contributed by atoms with Crippen molar-refractivity contribution in [3.05, 3.63) is 62.4 Å². The molecule has 0 unspecified atom stereocenters. The van der Waals surface area contributed by atoms with Gasteiger partial charge in [-0.1, -0.05) is 15.9 Å². The summed E-state index contributed by atoms with van der Waals surface area (Å²) in [5, 5.41) is 0.360. The summed E-state index contributed by atoms with van der Waals surface area (Å²) >= 11 is 3.32. The molecule has 3 aromatic rings. The quantitative estimate of drug-likeness (QED) is 0.563. The molecule has 0 spiro atoms. The number of carbonyl (C=O) groups excluding carboxylic acids is 2. The molecule has 2 aromatic carbocycles. The number of nitrogens with zero attached hydrogens (tertiary/aromatic N) is 2. The minimum atomic E-state index is -0.519. The van der Waals surface area contributed by atoms with Gasteiger partial charge < -0.3 is 9.15 Å². The smallest absolute Gasteiger partial charge is 0.347 e. The van der Waals surface area contributed by atoms with Crippen molar-refractivity contribution >= 4 is 38.6 Å². The number of ether oxygens (including phenoxy) is 1. The van der Waals surface area contributed by atoms with Gasteiger partial charge in [-0.3, -0.25) is 14.5 Å². The monoisotopic (exact) mass is 454 g/mol. The van der Waals surface area contributed by atoms with Crippen LogP contribution in [0.25, 0.3) is 22.4 Å². The maximum Gasteiger partial charge on any atom is 0.347 e. The highest BCUT2D eigenvalue weighted by molar-refractivity contribution is 9.10. The number of imide groups is 1. The molecule has 2 aliphatic heterocycles. The van der Waals surface area contributed by atoms with Crippen LogP contribution in [0.5, 0.6) is 0 Å². The molecule has 1 fully saturated rings. The van der Waals surface area contributed by atoms with Crippen LogP contribution < -0.4 is 5.63 Å². The van der Waals surface area contributed by atoms with Crippen molar-refractivity contribution < 1.29 is 18.7 Å². The van der Waals surface area contributed by atoms with Crippen molar-refractivity contribution in [2.45, 2.75) is 18.9 Å². The Morgan fingerprint density at radius 1 is 1.07 bits per heavy atom. The summed E-state index contributed by atoms with van der Waals surface area (Å²) < 4.78 is 11.7. The summed E-state index contributed by atoms with van der Waals surface area (Å²) in [5.74, 6) is -0.593. The van der Waals surface area contributed by atoms with E-state index in [9.17, 15) is 14.4 Å². The minimum absolute atomic E-state index is 0.102. The van der Waals surface area contributed by atoms with Gasteiger partial charge in [0, 0.05) is 16.6 Å². The molecule has 146 valence electrons. The fraction of sp³-hybridized carbons (Fsp3) is 0.238. The second-order valence-electron chi connectivity index (χ2n) is 7.08. The number of rotatable bonds is 3. The lowest BCUT2D eigenvalue weighted by Crippen LogP contribution is -2.36. The molecule has 2 aliphatic rings. The highest BCUT2D eigenvalue weighted by atomic mass is 79.9. The second kappa shape index (κ2) is 6.89. The highest BCUT2D eigenvalue weighted by Gasteiger charge is 2.37. The van der Waals surface area contributed by atoms with Crippen molar-refractivity contribution in [3.8, 4) is 11.5 Å². The van der Waals surface area contributed by atoms with E-state index >= 15 is 0 Å². The van der Waals surface area contributed by atoms with Gasteiger partial charge in [-0.25, -0.2) is 9.78 Å². The SMILES string of the molecule is O=C1c2ccc(-c3nc4ccc(Br)cc4c(=O)o3)cc2C(=O)N1C[C@H]1CCCO1. The molecule has 0 radical (unpaired) electrons. The van der Waals surface area contributed by atoms with E-state index in [1.807, 2.05) is 0 Å². The van der Waals surface area contributed by atoms with Gasteiger partial charge in [0.25, 0.3) is 11.8 Å². The third kappa shape index (κ3) is 3.08. The van der Waals surface area contributed by atoms with Gasteiger partial charge in [0.1, 0.15) is 0 Å². The molecule has 0 saturated carbocycles. The van der Waals surface area contributed by atoms with Gasteiger partial charge in [0.05, 0.1) is 34.7 Å². The lowest BCUT2D eigenvalue weighted by Gasteiger charge is -2.17. The Labute approximate surface area is 173 Å². The summed E-state index contributed by atoms with van der Waals surface area (Å²) in [7, 11) is 0. The topological polar surface area (TPSA) is 89.7 Å². The van der Waals surface area contributed by atoms with Gasteiger partial charge in [-0.05, 0) is 49.2 Å². The van der Waals surface area contributed by atoms with E-state index in [1.165, 1.54) is 4.90 Å². The minimum Gasteiger partial charge on any atom is -0.403 e. The summed E-state index contributed by atoms with van der Waals surface area (Å²) in [6, 6.07) is 9.91. The Bertz CT molecular complexity index is 1230. The molecule has 0 bridgehead atoms. The fourth-order valence-corrected chi connectivity index (χ4v) is 4.11. The van der Waals surface area contributed by atoms with E-state index in [1.54, 1.807) is 36.4 Å². The van der Waals surface area contributed by atoms with Gasteiger partial charge in [-0.2, -0.15) is 0 Å². The zero-order chi connectivity index (χ0) is 20.1. The first-order valence-electron chi connectivity index (χ1n) is 9.24. The summed E-state index contributed by atoms with van der Waals surface area (Å²) in [5.41, 5.74) is 1.05. The molecule has 0 N–H and O–H groups in total. The van der Waals surface area contributed by atoms with Crippen LogP contribution in [0.4, 0.5) is 0 Å². The number of carbonyl (C=O) groups is 2. The zero-order valence-corrected chi connectivity index (χ0v) is 16.8. The Morgan fingerprint density at radius 3 is 2.69 bits per heavy atom. The number of hydrogen-bond acceptors (Lipinski definition) is 6. The normalized spacial score (nSPS) is 18.7. The van der Waals surface area contributed by atoms with E-state index in [4.69, 9.17) is 9.15 Å². The molecule has 5 rings (SSSR count). The predicted molar refractivity (Wildman–Crippen MR) is 108 cm³/mol. The van der Waals surface area contributed by atoms with Crippen LogP contribution in [0, 0.1) is 0 Å². The van der Waals surface area contributed by atoms with Crippen LogP contribution in [0.1, 0.15) is 33.6 Å². The van der Waals surface area contributed by atoms with Crippen molar-refractivity contribution in [2.75, 3.05) is 13.2 Å². The number of hydrogen-bond donors (Lipinski definition) is 0. The number of halogens is 1. The Balaban J connectivity index is 1.52. The summed E-state index contributed by atoms with van der Waals surface area (Å²) in [6.07, 6.45) is 1.65. The maximum absolute atomic E-state index is 12.8. The maximum atomic E-state index is 12.8. The number of aromatic nitrogens is 1. The Hall–Kier alpha value is -2.84. The van der Waals surface area contributed by atoms with E-state index in [-0.39, 0.29) is 35.9 Å². The lowest BCUT2D eigenvalue weighted by molar-refractivity contribution is 0.0475. The fourth-order valence-electron chi connectivity index (χ4n) is 3.75. The molecule has 3 heterocycles. The van der Waals surface area contributed by atoms with Gasteiger partial charge in [-0.15, -0.1) is 0 Å². The van der Waals surface area contributed by atoms with Crippen LogP contribution >= 0.6 is 15.9 Å². The van der Waals surface area contributed by atoms with E-state index in [2.05, 4.69) is 20.9 Å². The molecule has 1 aromatic heterocycles. The van der Waals surface area contributed by atoms with Crippen LogP contribution in [0.15, 0.2) is 50.1 Å². The van der Waals surface area contributed by atoms with Gasteiger partial charge in [0.2, 0.25) is 5.89 Å². The van der Waals surface area contributed by atoms with Crippen LogP contribution in [-0.2, 0) is 4.74 Å². The molecule has 1 saturated heterocycles. The Morgan fingerprint density at radius 2 is 1.90 bits per heavy atom. The zero-order valence-electron chi connectivity index (χ0n) is 15.2. The van der Waals surface area contributed by atoms with Crippen LogP contribution in [0.2, 0.25) is 0 Å². The summed E-state index contributed by atoms with van der Waals surface area (Å²) in [4.78, 5) is 43.5. The van der Waals surface area contributed by atoms with Crippen molar-refractivity contribution in [3.63, 3.8) is 0 Å². The van der Waals surface area contributed by atoms with Crippen molar-refractivity contribution in [1.82, 2.24) is 9.88 Å². The summed E-state index contributed by atoms with van der Waals surface area (Å²) in [6.45, 7) is 0.904. The predicted octanol–water partition coefficient (Wildman–Crippen LogP) is 3.39. The number of benzene rings is 2. The third-order valence-electron chi connectivity index (χ3n) is 5.22. The first-order valence-corrected chi connectivity index (χ1v) is 10.0. The van der Waals surface area contributed by atoms with E-state index in [0.717, 1.165) is 17.3 Å². The lowest BCUT2D eigenvalue weighted by atomic mass is 10.1. The van der Waals surface area contributed by atoms with Crippen LogP contribution in [-0.4, -0.2) is 41.0 Å². The number of amides is 2. The third-order valence-corrected chi connectivity index (χ3v) is 5.71. The first kappa shape index (κ1) is 18.2. The second-order valence-corrected chi connectivity index (χ2v) is 8.00. The molecule has 8 heteroatoms. The Kier molecular flexibility index (Phi) is 4.33. The average Bonchev–Trinajstić information content (AvgIpc) is 3.31.